The summed E-state index contributed by atoms with van der Waals surface area (Å²) < 4.78 is 0. The summed E-state index contributed by atoms with van der Waals surface area (Å²) in [6, 6.07) is 12.5. The van der Waals surface area contributed by atoms with Gasteiger partial charge in [0.15, 0.2) is 0 Å². The number of hydrogen-bond acceptors (Lipinski definition) is 3. The molecule has 1 fully saturated rings. The van der Waals surface area contributed by atoms with E-state index in [9.17, 15) is 0 Å². The molecule has 19 heavy (non-hydrogen) atoms. The second-order valence-corrected chi connectivity index (χ2v) is 5.37. The summed E-state index contributed by atoms with van der Waals surface area (Å²) in [5, 5.41) is 0.673. The fourth-order valence-electron chi connectivity index (χ4n) is 2.14. The molecule has 3 rings (SSSR count). The summed E-state index contributed by atoms with van der Waals surface area (Å²) in [6.07, 6.45) is 4.17. The van der Waals surface area contributed by atoms with Gasteiger partial charge in [0.25, 0.3) is 0 Å². The molecule has 0 saturated heterocycles. The predicted molar refractivity (Wildman–Crippen MR) is 79.3 cm³/mol. The van der Waals surface area contributed by atoms with E-state index < -0.39 is 0 Å². The lowest BCUT2D eigenvalue weighted by Gasteiger charge is -2.23. The van der Waals surface area contributed by atoms with Crippen LogP contribution in [0.5, 0.6) is 0 Å². The van der Waals surface area contributed by atoms with Crippen LogP contribution in [-0.4, -0.2) is 11.0 Å². The second kappa shape index (κ2) is 5.10. The first-order chi connectivity index (χ1) is 9.22. The Bertz CT molecular complexity index is 547. The Morgan fingerprint density at radius 1 is 1.16 bits per heavy atom. The Hall–Kier alpha value is -1.74. The molecule has 1 aliphatic carbocycles. The molecule has 98 valence electrons. The number of anilines is 2. The van der Waals surface area contributed by atoms with Crippen molar-refractivity contribution in [3.8, 4) is 0 Å². The van der Waals surface area contributed by atoms with Gasteiger partial charge >= 0.3 is 0 Å². The zero-order valence-electron chi connectivity index (χ0n) is 10.6. The van der Waals surface area contributed by atoms with E-state index in [1.54, 1.807) is 6.20 Å². The molecule has 3 nitrogen and oxygen atoms in total. The van der Waals surface area contributed by atoms with Gasteiger partial charge in [-0.3, -0.25) is 0 Å². The Labute approximate surface area is 118 Å². The van der Waals surface area contributed by atoms with Crippen molar-refractivity contribution in [1.82, 2.24) is 4.98 Å². The van der Waals surface area contributed by atoms with E-state index in [1.807, 2.05) is 24.3 Å². The Morgan fingerprint density at radius 2 is 1.89 bits per heavy atom. The van der Waals surface area contributed by atoms with Gasteiger partial charge in [-0.25, -0.2) is 4.98 Å². The third-order valence-corrected chi connectivity index (χ3v) is 3.55. The van der Waals surface area contributed by atoms with Crippen molar-refractivity contribution in [1.29, 1.82) is 0 Å². The van der Waals surface area contributed by atoms with E-state index in [0.717, 1.165) is 18.1 Å². The molecule has 0 aliphatic heterocycles. The number of aromatic nitrogens is 1. The molecule has 2 N–H and O–H groups in total. The lowest BCUT2D eigenvalue weighted by atomic mass is 10.2. The number of halogens is 1. The molecule has 0 atom stereocenters. The van der Waals surface area contributed by atoms with Crippen LogP contribution in [0.15, 0.2) is 42.6 Å². The van der Waals surface area contributed by atoms with Gasteiger partial charge < -0.3 is 10.6 Å². The molecule has 0 unspecified atom stereocenters. The van der Waals surface area contributed by atoms with E-state index in [1.165, 1.54) is 18.4 Å². The Kier molecular flexibility index (Phi) is 3.30. The highest BCUT2D eigenvalue weighted by Gasteiger charge is 2.29. The van der Waals surface area contributed by atoms with Crippen molar-refractivity contribution in [3.63, 3.8) is 0 Å². The van der Waals surface area contributed by atoms with Crippen LogP contribution >= 0.6 is 11.6 Å². The van der Waals surface area contributed by atoms with Crippen LogP contribution in [0.2, 0.25) is 5.02 Å². The highest BCUT2D eigenvalue weighted by Crippen LogP contribution is 2.32. The molecule has 0 bridgehead atoms. The smallest absolute Gasteiger partial charge is 0.129 e. The first-order valence-electron chi connectivity index (χ1n) is 6.45. The first kappa shape index (κ1) is 12.3. The third kappa shape index (κ3) is 2.99. The largest absolute Gasteiger partial charge is 0.399 e. The van der Waals surface area contributed by atoms with Gasteiger partial charge in [0, 0.05) is 24.5 Å². The van der Waals surface area contributed by atoms with Crippen molar-refractivity contribution >= 4 is 23.1 Å². The van der Waals surface area contributed by atoms with Crippen LogP contribution in [0, 0.1) is 0 Å². The van der Waals surface area contributed by atoms with Crippen LogP contribution in [0.4, 0.5) is 11.5 Å². The van der Waals surface area contributed by atoms with Crippen molar-refractivity contribution in [2.24, 2.45) is 0 Å². The lowest BCUT2D eigenvalue weighted by Crippen LogP contribution is -2.25. The summed E-state index contributed by atoms with van der Waals surface area (Å²) >= 11 is 5.89. The molecule has 2 aromatic rings. The predicted octanol–water partition coefficient (Wildman–Crippen LogP) is 3.49. The maximum atomic E-state index is 5.89. The molecule has 1 aliphatic rings. The molecule has 0 amide bonds. The van der Waals surface area contributed by atoms with Gasteiger partial charge in [0.05, 0.1) is 5.02 Å². The number of nitrogen functional groups attached to an aromatic ring is 1. The maximum absolute atomic E-state index is 5.89. The minimum Gasteiger partial charge on any atom is -0.399 e. The van der Waals surface area contributed by atoms with Crippen LogP contribution < -0.4 is 10.6 Å². The van der Waals surface area contributed by atoms with Gasteiger partial charge in [-0.05, 0) is 42.7 Å². The summed E-state index contributed by atoms with van der Waals surface area (Å²) in [4.78, 5) is 6.76. The second-order valence-electron chi connectivity index (χ2n) is 4.94. The number of nitrogens with zero attached hydrogens (tertiary/aromatic N) is 2. The zero-order chi connectivity index (χ0) is 13.2. The first-order valence-corrected chi connectivity index (χ1v) is 6.83. The monoisotopic (exact) mass is 273 g/mol. The fraction of sp³-hybridized carbons (Fsp3) is 0.267. The fourth-order valence-corrected chi connectivity index (χ4v) is 2.25. The highest BCUT2D eigenvalue weighted by molar-refractivity contribution is 6.30. The topological polar surface area (TPSA) is 42.1 Å². The zero-order valence-corrected chi connectivity index (χ0v) is 11.3. The highest BCUT2D eigenvalue weighted by atomic mass is 35.5. The van der Waals surface area contributed by atoms with Gasteiger partial charge in [0.2, 0.25) is 0 Å². The molecule has 0 radical (unpaired) electrons. The minimum atomic E-state index is 0.603. The van der Waals surface area contributed by atoms with E-state index >= 15 is 0 Å². The van der Waals surface area contributed by atoms with Crippen LogP contribution in [0.25, 0.3) is 0 Å². The number of pyridine rings is 1. The SMILES string of the molecule is Nc1ccc(CN(c2ccc(Cl)cn2)C2CC2)cc1. The molecular formula is C15H16ClN3. The molecule has 1 aromatic heterocycles. The van der Waals surface area contributed by atoms with Crippen molar-refractivity contribution in [2.75, 3.05) is 10.6 Å². The van der Waals surface area contributed by atoms with Crippen molar-refractivity contribution < 1.29 is 0 Å². The quantitative estimate of drug-likeness (QED) is 0.867. The maximum Gasteiger partial charge on any atom is 0.129 e. The Morgan fingerprint density at radius 3 is 2.47 bits per heavy atom. The number of nitrogens with two attached hydrogens (primary N) is 1. The average Bonchev–Trinajstić information content (AvgIpc) is 3.24. The van der Waals surface area contributed by atoms with Crippen LogP contribution in [0.3, 0.4) is 0 Å². The molecule has 1 heterocycles. The van der Waals surface area contributed by atoms with E-state index in [-0.39, 0.29) is 0 Å². The molecular weight excluding hydrogens is 258 g/mol. The normalized spacial score (nSPS) is 14.4. The third-order valence-electron chi connectivity index (χ3n) is 3.33. The van der Waals surface area contributed by atoms with E-state index in [0.29, 0.717) is 11.1 Å². The van der Waals surface area contributed by atoms with Gasteiger partial charge in [-0.1, -0.05) is 23.7 Å². The van der Waals surface area contributed by atoms with E-state index in [2.05, 4.69) is 22.0 Å². The summed E-state index contributed by atoms with van der Waals surface area (Å²) in [6.45, 7) is 0.861. The van der Waals surface area contributed by atoms with E-state index in [4.69, 9.17) is 17.3 Å². The number of hydrogen-bond donors (Lipinski definition) is 1. The van der Waals surface area contributed by atoms with Gasteiger partial charge in [-0.2, -0.15) is 0 Å². The number of rotatable bonds is 4. The van der Waals surface area contributed by atoms with Crippen molar-refractivity contribution in [2.45, 2.75) is 25.4 Å². The molecule has 1 aromatic carbocycles. The molecule has 1 saturated carbocycles. The van der Waals surface area contributed by atoms with Crippen LogP contribution in [0.1, 0.15) is 18.4 Å². The van der Waals surface area contributed by atoms with Crippen molar-refractivity contribution in [3.05, 3.63) is 53.2 Å². The summed E-state index contributed by atoms with van der Waals surface area (Å²) in [5.74, 6) is 0.990. The summed E-state index contributed by atoms with van der Waals surface area (Å²) in [7, 11) is 0. The number of benzene rings is 1. The molecule has 4 heteroatoms. The van der Waals surface area contributed by atoms with Gasteiger partial charge in [0.1, 0.15) is 5.82 Å². The average molecular weight is 274 g/mol. The lowest BCUT2D eigenvalue weighted by molar-refractivity contribution is 0.778. The minimum absolute atomic E-state index is 0.603. The van der Waals surface area contributed by atoms with Gasteiger partial charge in [-0.15, -0.1) is 0 Å². The Balaban J connectivity index is 1.81. The van der Waals surface area contributed by atoms with Crippen LogP contribution in [-0.2, 0) is 6.54 Å². The summed E-state index contributed by atoms with van der Waals surface area (Å²) in [5.41, 5.74) is 7.76. The molecule has 0 spiro atoms. The standard InChI is InChI=1S/C15H16ClN3/c16-12-3-8-15(18-9-12)19(14-6-7-14)10-11-1-4-13(17)5-2-11/h1-5,8-9,14H,6-7,10,17H2.